The number of hydrogen-bond acceptors (Lipinski definition) is 5. The maximum absolute atomic E-state index is 14.8. The minimum atomic E-state index is -1.54. The Kier molecular flexibility index (Phi) is 7.50. The number of amides is 3. The molecule has 0 saturated heterocycles. The Morgan fingerprint density at radius 1 is 0.821 bits per heavy atom. The molecule has 1 N–H and O–H groups in total. The summed E-state index contributed by atoms with van der Waals surface area (Å²) in [4.78, 5) is 42.6. The number of imide groups is 1. The lowest BCUT2D eigenvalue weighted by Crippen LogP contribution is -2.53. The molecule has 0 fully saturated rings. The average Bonchev–Trinajstić information content (AvgIpc) is 3.10. The van der Waals surface area contributed by atoms with Gasteiger partial charge in [-0.1, -0.05) is 72.3 Å². The van der Waals surface area contributed by atoms with Gasteiger partial charge in [0, 0.05) is 5.02 Å². The molecule has 1 heterocycles. The topological polar surface area (TPSA) is 84.9 Å². The van der Waals surface area contributed by atoms with Crippen molar-refractivity contribution in [2.24, 2.45) is 0 Å². The first-order chi connectivity index (χ1) is 18.2. The number of nitrogens with one attached hydrogen (secondary N) is 1. The lowest BCUT2D eigenvalue weighted by Gasteiger charge is -2.38. The molecule has 204 valence electrons. The first-order valence-corrected chi connectivity index (χ1v) is 13.1. The number of benzene rings is 3. The molecule has 4 rings (SSSR count). The van der Waals surface area contributed by atoms with Crippen LogP contribution in [0, 0.1) is 0 Å². The zero-order valence-corrected chi connectivity index (χ0v) is 23.7. The Bertz CT molecular complexity index is 1380. The summed E-state index contributed by atoms with van der Waals surface area (Å²) in [5.74, 6) is -0.555. The molecule has 39 heavy (non-hydrogen) atoms. The fourth-order valence-corrected chi connectivity index (χ4v) is 4.97. The van der Waals surface area contributed by atoms with Crippen molar-refractivity contribution in [1.82, 2.24) is 5.32 Å². The SMILES string of the molecule is CC(C)(C)OC(=O)N[C@@H](c1ccc(Cl)cc1)C1(c2ccccc2)C(=O)N(C(=O)OC(C)(C)C)c2ccccc21. The molecule has 1 unspecified atom stereocenters. The molecule has 2 atom stereocenters. The number of anilines is 1. The van der Waals surface area contributed by atoms with E-state index in [9.17, 15) is 14.4 Å². The Morgan fingerprint density at radius 2 is 1.38 bits per heavy atom. The van der Waals surface area contributed by atoms with Crippen molar-refractivity contribution in [3.8, 4) is 0 Å². The second-order valence-corrected chi connectivity index (χ2v) is 11.9. The van der Waals surface area contributed by atoms with E-state index in [0.717, 1.165) is 4.90 Å². The van der Waals surface area contributed by atoms with E-state index < -0.39 is 40.8 Å². The molecule has 1 aliphatic rings. The normalized spacial score (nSPS) is 17.8. The van der Waals surface area contributed by atoms with E-state index in [4.69, 9.17) is 21.1 Å². The van der Waals surface area contributed by atoms with Gasteiger partial charge < -0.3 is 14.8 Å². The Hall–Kier alpha value is -3.84. The molecule has 8 heteroatoms. The summed E-state index contributed by atoms with van der Waals surface area (Å²) in [5, 5.41) is 3.46. The zero-order valence-electron chi connectivity index (χ0n) is 22.9. The molecule has 3 aromatic rings. The predicted octanol–water partition coefficient (Wildman–Crippen LogP) is 7.17. The standard InChI is InChI=1S/C31H33ClN2O5/c1-29(2,3)38-27(36)33-25(20-16-18-22(32)19-17-20)31(21-12-8-7-9-13-21)23-14-10-11-15-24(23)34(26(31)35)28(37)39-30(4,5)6/h7-19,25H,1-6H3,(H,33,36)/t25-,31?/m0/s1. The number of carbonyl (C=O) groups excluding carboxylic acids is 3. The van der Waals surface area contributed by atoms with Crippen LogP contribution in [0.25, 0.3) is 0 Å². The van der Waals surface area contributed by atoms with E-state index >= 15 is 0 Å². The molecule has 1 aliphatic heterocycles. The second-order valence-electron chi connectivity index (χ2n) is 11.4. The summed E-state index contributed by atoms with van der Waals surface area (Å²) in [6.45, 7) is 10.5. The third-order valence-electron chi connectivity index (χ3n) is 6.21. The van der Waals surface area contributed by atoms with E-state index in [-0.39, 0.29) is 0 Å². The summed E-state index contributed by atoms with van der Waals surface area (Å²) < 4.78 is 11.3. The highest BCUT2D eigenvalue weighted by Gasteiger charge is 2.60. The van der Waals surface area contributed by atoms with Gasteiger partial charge in [0.15, 0.2) is 0 Å². The fraction of sp³-hybridized carbons (Fsp3) is 0.323. The number of ether oxygens (including phenoxy) is 2. The molecule has 3 aromatic carbocycles. The minimum absolute atomic E-state index is 0.380. The van der Waals surface area contributed by atoms with Gasteiger partial charge in [-0.3, -0.25) is 4.79 Å². The van der Waals surface area contributed by atoms with Gasteiger partial charge in [0.1, 0.15) is 16.6 Å². The third kappa shape index (κ3) is 5.64. The molecular formula is C31H33ClN2O5. The molecule has 0 saturated carbocycles. The van der Waals surface area contributed by atoms with Crippen LogP contribution in [0.1, 0.15) is 64.3 Å². The number of hydrogen-bond donors (Lipinski definition) is 1. The number of alkyl carbamates (subject to hydrolysis) is 1. The molecule has 0 aliphatic carbocycles. The van der Waals surface area contributed by atoms with Crippen LogP contribution in [0.2, 0.25) is 5.02 Å². The highest BCUT2D eigenvalue weighted by molar-refractivity contribution is 6.30. The van der Waals surface area contributed by atoms with E-state index in [1.54, 1.807) is 90.1 Å². The van der Waals surface area contributed by atoms with Crippen LogP contribution in [-0.4, -0.2) is 29.3 Å². The number of halogens is 1. The smallest absolute Gasteiger partial charge is 0.421 e. The van der Waals surface area contributed by atoms with Crippen LogP contribution in [-0.2, 0) is 19.7 Å². The van der Waals surface area contributed by atoms with Crippen LogP contribution < -0.4 is 10.2 Å². The van der Waals surface area contributed by atoms with Gasteiger partial charge in [0.05, 0.1) is 11.7 Å². The lowest BCUT2D eigenvalue weighted by molar-refractivity contribution is -0.122. The summed E-state index contributed by atoms with van der Waals surface area (Å²) in [6, 6.07) is 22.1. The quantitative estimate of drug-likeness (QED) is 0.373. The average molecular weight is 549 g/mol. The van der Waals surface area contributed by atoms with Crippen LogP contribution in [0.3, 0.4) is 0 Å². The van der Waals surface area contributed by atoms with E-state index in [1.165, 1.54) is 0 Å². The van der Waals surface area contributed by atoms with Crippen molar-refractivity contribution < 1.29 is 23.9 Å². The lowest BCUT2D eigenvalue weighted by atomic mass is 9.67. The van der Waals surface area contributed by atoms with Gasteiger partial charge >= 0.3 is 12.2 Å². The van der Waals surface area contributed by atoms with Crippen LogP contribution >= 0.6 is 11.6 Å². The predicted molar refractivity (Wildman–Crippen MR) is 151 cm³/mol. The number of para-hydroxylation sites is 1. The van der Waals surface area contributed by atoms with Gasteiger partial charge in [-0.15, -0.1) is 0 Å². The number of nitrogens with zero attached hydrogens (tertiary/aromatic N) is 1. The summed E-state index contributed by atoms with van der Waals surface area (Å²) >= 11 is 6.21. The van der Waals surface area contributed by atoms with Crippen molar-refractivity contribution in [3.63, 3.8) is 0 Å². The van der Waals surface area contributed by atoms with Crippen LogP contribution in [0.4, 0.5) is 15.3 Å². The first kappa shape index (κ1) is 28.2. The van der Waals surface area contributed by atoms with E-state index in [1.807, 2.05) is 30.3 Å². The first-order valence-electron chi connectivity index (χ1n) is 12.7. The Labute approximate surface area is 234 Å². The van der Waals surface area contributed by atoms with Gasteiger partial charge in [-0.05, 0) is 76.4 Å². The molecule has 0 bridgehead atoms. The van der Waals surface area contributed by atoms with Crippen LogP contribution in [0.5, 0.6) is 0 Å². The molecule has 0 radical (unpaired) electrons. The largest absolute Gasteiger partial charge is 0.444 e. The van der Waals surface area contributed by atoms with E-state index in [0.29, 0.717) is 27.4 Å². The van der Waals surface area contributed by atoms with Crippen molar-refractivity contribution in [3.05, 3.63) is 101 Å². The maximum Gasteiger partial charge on any atom is 0.421 e. The molecular weight excluding hydrogens is 516 g/mol. The summed E-state index contributed by atoms with van der Waals surface area (Å²) in [5.41, 5.74) is -1.05. The van der Waals surface area contributed by atoms with Crippen molar-refractivity contribution >= 4 is 35.4 Å². The zero-order chi connectivity index (χ0) is 28.6. The van der Waals surface area contributed by atoms with Crippen molar-refractivity contribution in [2.75, 3.05) is 4.90 Å². The van der Waals surface area contributed by atoms with Crippen molar-refractivity contribution in [1.29, 1.82) is 0 Å². The molecule has 0 aromatic heterocycles. The van der Waals surface area contributed by atoms with E-state index in [2.05, 4.69) is 5.32 Å². The number of fused-ring (bicyclic) bond motifs is 1. The summed E-state index contributed by atoms with van der Waals surface area (Å²) in [6.07, 6.45) is -1.51. The highest BCUT2D eigenvalue weighted by Crippen LogP contribution is 2.53. The number of rotatable bonds is 4. The molecule has 7 nitrogen and oxygen atoms in total. The number of carbonyl (C=O) groups is 3. The molecule has 0 spiro atoms. The van der Waals surface area contributed by atoms with Crippen molar-refractivity contribution in [2.45, 2.75) is 64.2 Å². The van der Waals surface area contributed by atoms with Gasteiger partial charge in [-0.25, -0.2) is 14.5 Å². The van der Waals surface area contributed by atoms with Crippen LogP contribution in [0.15, 0.2) is 78.9 Å². The molecule has 3 amide bonds. The monoisotopic (exact) mass is 548 g/mol. The highest BCUT2D eigenvalue weighted by atomic mass is 35.5. The second kappa shape index (κ2) is 10.4. The maximum atomic E-state index is 14.8. The van der Waals surface area contributed by atoms with Gasteiger partial charge in [-0.2, -0.15) is 0 Å². The Balaban J connectivity index is 2.01. The third-order valence-corrected chi connectivity index (χ3v) is 6.46. The summed E-state index contributed by atoms with van der Waals surface area (Å²) in [7, 11) is 0. The van der Waals surface area contributed by atoms with Gasteiger partial charge in [0.25, 0.3) is 5.91 Å². The fourth-order valence-electron chi connectivity index (χ4n) is 4.84. The minimum Gasteiger partial charge on any atom is -0.444 e. The Morgan fingerprint density at radius 3 is 1.97 bits per heavy atom. The van der Waals surface area contributed by atoms with Gasteiger partial charge in [0.2, 0.25) is 0 Å².